The molecule has 608 valence electrons. The molecule has 14 aromatic carbocycles. The Kier molecular flexibility index (Phi) is 36.2. The number of nitrogens with zero attached hydrogens (tertiary/aromatic N) is 4. The molecule has 1 aliphatic rings. The molecular weight excluding hydrogens is 1770 g/mol. The maximum absolute atomic E-state index is 6.08. The summed E-state index contributed by atoms with van der Waals surface area (Å²) in [5.41, 5.74) is 2.08. The van der Waals surface area contributed by atoms with E-state index in [1.54, 1.807) is 24.8 Å². The molecule has 0 atom stereocenters. The van der Waals surface area contributed by atoms with E-state index in [-0.39, 0.29) is 39.1 Å². The first-order valence-corrected chi connectivity index (χ1v) is 46.5. The van der Waals surface area contributed by atoms with Crippen molar-refractivity contribution in [1.82, 2.24) is 19.9 Å². The predicted molar refractivity (Wildman–Crippen MR) is 532 cm³/mol. The molecule has 0 aliphatic carbocycles. The Morgan fingerprint density at radius 1 is 0.270 bits per heavy atom. The van der Waals surface area contributed by atoms with Gasteiger partial charge >= 0.3 is 7.12 Å². The van der Waals surface area contributed by atoms with Crippen LogP contribution in [0.2, 0.25) is 10.3 Å². The fourth-order valence-corrected chi connectivity index (χ4v) is 23.2. The van der Waals surface area contributed by atoms with E-state index in [2.05, 4.69) is 424 Å². The van der Waals surface area contributed by atoms with E-state index in [1.807, 2.05) is 88.6 Å². The van der Waals surface area contributed by atoms with Crippen LogP contribution in [0.25, 0.3) is 32.7 Å². The molecule has 1 fully saturated rings. The Hall–Kier alpha value is -10.4. The minimum absolute atomic E-state index is 0. The molecule has 0 amide bonds. The number of benzene rings is 14. The van der Waals surface area contributed by atoms with Crippen LogP contribution in [0.4, 0.5) is 0 Å². The molecule has 0 radical (unpaired) electrons. The molecule has 0 unspecified atom stereocenters. The van der Waals surface area contributed by atoms with Crippen molar-refractivity contribution in [3.8, 4) is 11.1 Å². The van der Waals surface area contributed by atoms with Gasteiger partial charge in [0.05, 0.1) is 11.2 Å². The minimum atomic E-state index is -0.446. The van der Waals surface area contributed by atoms with Crippen LogP contribution in [0.3, 0.4) is 0 Å². The molecule has 1 saturated heterocycles. The number of halogens is 3. The summed E-state index contributed by atoms with van der Waals surface area (Å²) in [6.07, 6.45) is 10.6. The van der Waals surface area contributed by atoms with Gasteiger partial charge in [-0.3, -0.25) is 9.97 Å². The molecule has 5 heterocycles. The number of fused-ring (bicyclic) bond motifs is 2. The standard InChI is InChI=1S/4C18H15P.C14H9ClN2.C11H15BClNO2.C9H6BrN.CH4.Pd/c4*1-4-10-16(11-5-1)19(17-12-6-2-7-13-17)18-14-8-3-9-15-18;15-14-13(2-1-6-17-14)11-4-3-10-5-7-16-9-12(10)8-11;1-10(2)11(3,4)16-12(15-10)8-6-5-7-14-9(8)13;10-9-2-1-7-3-4-11-6-8(7)5-9;;/h4*1-15H;1-9H;5-7H,1-4H3;1-6H;1H4;. The van der Waals surface area contributed by atoms with Gasteiger partial charge in [0.1, 0.15) is 10.3 Å². The Morgan fingerprint density at radius 3 is 0.779 bits per heavy atom. The zero-order valence-corrected chi connectivity index (χ0v) is 75.7. The number of aromatic nitrogens is 4. The zero-order valence-electron chi connectivity index (χ0n) is 67.5. The molecule has 122 heavy (non-hydrogen) atoms. The van der Waals surface area contributed by atoms with E-state index >= 15 is 0 Å². The molecule has 0 saturated carbocycles. The average Bonchev–Trinajstić information content (AvgIpc) is 1.62. The Bertz CT molecular complexity index is 5200. The fourth-order valence-electron chi connectivity index (χ4n) is 13.2. The van der Waals surface area contributed by atoms with Crippen molar-refractivity contribution in [2.24, 2.45) is 0 Å². The summed E-state index contributed by atoms with van der Waals surface area (Å²) in [4.78, 5) is 16.3. The van der Waals surface area contributed by atoms with Crippen molar-refractivity contribution in [1.29, 1.82) is 0 Å². The van der Waals surface area contributed by atoms with Crippen molar-refractivity contribution < 1.29 is 29.7 Å². The van der Waals surface area contributed by atoms with E-state index in [9.17, 15) is 0 Å². The van der Waals surface area contributed by atoms with Gasteiger partial charge in [-0.25, -0.2) is 9.97 Å². The normalized spacial score (nSPS) is 11.9. The van der Waals surface area contributed by atoms with Crippen LogP contribution in [-0.2, 0) is 29.7 Å². The maximum atomic E-state index is 6.08. The van der Waals surface area contributed by atoms with E-state index in [1.165, 1.54) is 79.8 Å². The van der Waals surface area contributed by atoms with Gasteiger partial charge in [-0.15, -0.1) is 0 Å². The van der Waals surface area contributed by atoms with E-state index in [4.69, 9.17) is 32.5 Å². The molecule has 6 nitrogen and oxygen atoms in total. The maximum Gasteiger partial charge on any atom is 0.498 e. The summed E-state index contributed by atoms with van der Waals surface area (Å²) in [6, 6.07) is 153. The molecule has 1 aliphatic heterocycles. The second-order valence-corrected chi connectivity index (χ2v) is 39.0. The van der Waals surface area contributed by atoms with E-state index < -0.39 is 38.8 Å². The number of hydrogen-bond acceptors (Lipinski definition) is 6. The molecule has 0 bridgehead atoms. The third-order valence-electron chi connectivity index (χ3n) is 19.8. The van der Waals surface area contributed by atoms with Gasteiger partial charge in [0.15, 0.2) is 0 Å². The van der Waals surface area contributed by atoms with E-state index in [0.29, 0.717) is 10.3 Å². The smallest absolute Gasteiger partial charge is 0.399 e. The van der Waals surface area contributed by atoms with Crippen LogP contribution in [0.15, 0.2) is 478 Å². The second-order valence-electron chi connectivity index (χ2n) is 28.5. The summed E-state index contributed by atoms with van der Waals surface area (Å²) >= 11 is 15.5. The van der Waals surface area contributed by atoms with Gasteiger partial charge < -0.3 is 9.31 Å². The first-order chi connectivity index (χ1) is 58.8. The van der Waals surface area contributed by atoms with Gasteiger partial charge in [0.25, 0.3) is 0 Å². The van der Waals surface area contributed by atoms with E-state index in [0.717, 1.165) is 26.4 Å². The number of hydrogen-bond donors (Lipinski definition) is 0. The van der Waals surface area contributed by atoms with Gasteiger partial charge in [-0.2, -0.15) is 0 Å². The predicted octanol–water partition coefficient (Wildman–Crippen LogP) is 23.4. The summed E-state index contributed by atoms with van der Waals surface area (Å²) in [5, 5.41) is 22.4. The molecule has 15 heteroatoms. The molecular formula is C107H94BBrCl2N4O2P4Pd. The summed E-state index contributed by atoms with van der Waals surface area (Å²) in [7, 11) is -2.22. The number of rotatable bonds is 14. The first-order valence-electron chi connectivity index (χ1n) is 39.6. The van der Waals surface area contributed by atoms with Gasteiger partial charge in [-0.1, -0.05) is 435 Å². The molecule has 0 spiro atoms. The van der Waals surface area contributed by atoms with Crippen LogP contribution in [-0.4, -0.2) is 38.3 Å². The average molecular weight is 1860 g/mol. The van der Waals surface area contributed by atoms with Gasteiger partial charge in [0.2, 0.25) is 0 Å². The molecule has 0 N–H and O–H groups in total. The quantitative estimate of drug-likeness (QED) is 0.0614. The summed E-state index contributed by atoms with van der Waals surface area (Å²) < 4.78 is 12.9. The van der Waals surface area contributed by atoms with Crippen LogP contribution in [0.1, 0.15) is 35.1 Å². The fraction of sp³-hybridized carbons (Fsp3) is 0.0654. The summed E-state index contributed by atoms with van der Waals surface area (Å²) in [5.74, 6) is 0. The SMILES string of the molecule is Brc1ccc2ccncc2c1.C.CC1(C)OB(c2cccnc2Cl)OC1(C)C.Clc1ncccc1-c1ccc2ccncc2c1.[Pd].c1ccc(P(c2ccccc2)c2ccccc2)cc1.c1ccc(P(c2ccccc2)c2ccccc2)cc1.c1ccc(P(c2ccccc2)c2ccccc2)cc1.c1ccc(P(c2ccccc2)c2ccccc2)cc1. The van der Waals surface area contributed by atoms with Crippen molar-refractivity contribution in [2.45, 2.75) is 46.3 Å². The second kappa shape index (κ2) is 47.9. The third kappa shape index (κ3) is 26.1. The molecule has 4 aromatic heterocycles. The zero-order chi connectivity index (χ0) is 83.0. The van der Waals surface area contributed by atoms with Crippen LogP contribution in [0.5, 0.6) is 0 Å². The van der Waals surface area contributed by atoms with Gasteiger partial charge in [0, 0.05) is 83.9 Å². The van der Waals surface area contributed by atoms with Crippen molar-refractivity contribution in [2.75, 3.05) is 0 Å². The van der Waals surface area contributed by atoms with Crippen molar-refractivity contribution in [3.63, 3.8) is 0 Å². The largest absolute Gasteiger partial charge is 0.498 e. The summed E-state index contributed by atoms with van der Waals surface area (Å²) in [6.45, 7) is 8.04. The Morgan fingerprint density at radius 2 is 0.516 bits per heavy atom. The minimum Gasteiger partial charge on any atom is -0.399 e. The van der Waals surface area contributed by atoms with Crippen molar-refractivity contribution >= 4 is 169 Å². The Labute approximate surface area is 757 Å². The molecule has 19 rings (SSSR count). The van der Waals surface area contributed by atoms with Crippen molar-refractivity contribution in [3.05, 3.63) is 489 Å². The third-order valence-corrected chi connectivity index (χ3v) is 30.7. The Balaban J connectivity index is 0.000000139. The topological polar surface area (TPSA) is 70.0 Å². The first kappa shape index (κ1) is 92.3. The molecule has 18 aromatic rings. The van der Waals surface area contributed by atoms with Crippen LogP contribution in [0, 0.1) is 0 Å². The van der Waals surface area contributed by atoms with Crippen LogP contribution < -0.4 is 69.1 Å². The monoisotopic (exact) mass is 1860 g/mol. The van der Waals surface area contributed by atoms with Crippen LogP contribution >= 0.6 is 70.8 Å². The van der Waals surface area contributed by atoms with Gasteiger partial charge in [-0.05, 0) is 188 Å². The number of pyridine rings is 4.